The van der Waals surface area contributed by atoms with Crippen molar-refractivity contribution in [2.24, 2.45) is 0 Å². The molecular formula is C23H16F3N5O. The SMILES string of the molecule is Cc1ncccc1-n1cc(C#N)c2ccc(NC(=O)Nc3ccc(C(F)(F)F)cc3)cc21. The van der Waals surface area contributed by atoms with Gasteiger partial charge in [0.2, 0.25) is 0 Å². The highest BCUT2D eigenvalue weighted by atomic mass is 19.4. The van der Waals surface area contributed by atoms with Gasteiger partial charge in [-0.2, -0.15) is 18.4 Å². The predicted octanol–water partition coefficient (Wildman–Crippen LogP) is 5.87. The molecule has 0 aliphatic rings. The number of urea groups is 1. The van der Waals surface area contributed by atoms with Crippen LogP contribution in [0.3, 0.4) is 0 Å². The quantitative estimate of drug-likeness (QED) is 0.422. The molecule has 0 saturated heterocycles. The molecule has 0 bridgehead atoms. The molecule has 2 aromatic carbocycles. The zero-order valence-electron chi connectivity index (χ0n) is 16.7. The van der Waals surface area contributed by atoms with E-state index in [1.807, 2.05) is 17.6 Å². The number of carbonyl (C=O) groups excluding carboxylic acids is 1. The second kappa shape index (κ2) is 8.07. The van der Waals surface area contributed by atoms with E-state index in [0.29, 0.717) is 22.2 Å². The van der Waals surface area contributed by atoms with E-state index >= 15 is 0 Å². The number of benzene rings is 2. The Bertz CT molecular complexity index is 1350. The number of amides is 2. The minimum Gasteiger partial charge on any atom is -0.313 e. The number of aryl methyl sites for hydroxylation is 1. The number of nitrogens with zero attached hydrogens (tertiary/aromatic N) is 3. The van der Waals surface area contributed by atoms with Crippen molar-refractivity contribution in [3.05, 3.63) is 83.8 Å². The minimum atomic E-state index is -4.44. The van der Waals surface area contributed by atoms with Gasteiger partial charge < -0.3 is 15.2 Å². The molecule has 0 aliphatic carbocycles. The third-order valence-electron chi connectivity index (χ3n) is 4.89. The maximum Gasteiger partial charge on any atom is 0.416 e. The summed E-state index contributed by atoms with van der Waals surface area (Å²) in [5.41, 5.74) is 2.62. The van der Waals surface area contributed by atoms with Crippen LogP contribution < -0.4 is 10.6 Å². The largest absolute Gasteiger partial charge is 0.416 e. The van der Waals surface area contributed by atoms with Gasteiger partial charge in [-0.15, -0.1) is 0 Å². The fourth-order valence-electron chi connectivity index (χ4n) is 3.36. The fourth-order valence-corrected chi connectivity index (χ4v) is 3.36. The first-order valence-electron chi connectivity index (χ1n) is 9.49. The summed E-state index contributed by atoms with van der Waals surface area (Å²) in [4.78, 5) is 16.6. The highest BCUT2D eigenvalue weighted by Crippen LogP contribution is 2.30. The van der Waals surface area contributed by atoms with Crippen LogP contribution in [0.2, 0.25) is 0 Å². The second-order valence-electron chi connectivity index (χ2n) is 7.02. The lowest BCUT2D eigenvalue weighted by molar-refractivity contribution is -0.137. The van der Waals surface area contributed by atoms with Crippen LogP contribution in [0, 0.1) is 18.3 Å². The molecule has 0 atom stereocenters. The number of nitrogens with one attached hydrogen (secondary N) is 2. The van der Waals surface area contributed by atoms with Gasteiger partial charge in [0.1, 0.15) is 6.07 Å². The number of rotatable bonds is 3. The highest BCUT2D eigenvalue weighted by Gasteiger charge is 2.30. The Kier molecular flexibility index (Phi) is 5.28. The third kappa shape index (κ3) is 4.11. The topological polar surface area (TPSA) is 82.7 Å². The molecule has 0 spiro atoms. The Morgan fingerprint density at radius 3 is 2.41 bits per heavy atom. The summed E-state index contributed by atoms with van der Waals surface area (Å²) < 4.78 is 39.9. The Morgan fingerprint density at radius 1 is 1.06 bits per heavy atom. The maximum absolute atomic E-state index is 12.7. The molecule has 2 amide bonds. The molecule has 6 nitrogen and oxygen atoms in total. The van der Waals surface area contributed by atoms with E-state index in [9.17, 15) is 23.2 Å². The number of nitriles is 1. The summed E-state index contributed by atoms with van der Waals surface area (Å²) in [5.74, 6) is 0. The summed E-state index contributed by atoms with van der Waals surface area (Å²) in [6.07, 6.45) is -1.06. The molecule has 2 aromatic heterocycles. The zero-order valence-corrected chi connectivity index (χ0v) is 16.7. The molecule has 2 heterocycles. The molecule has 0 fully saturated rings. The smallest absolute Gasteiger partial charge is 0.313 e. The van der Waals surface area contributed by atoms with Crippen molar-refractivity contribution in [2.45, 2.75) is 13.1 Å². The van der Waals surface area contributed by atoms with E-state index in [2.05, 4.69) is 21.7 Å². The standard InChI is InChI=1S/C23H16F3N5O/c1-14-20(3-2-10-28-14)31-13-15(12-27)19-9-8-18(11-21(19)31)30-22(32)29-17-6-4-16(5-7-17)23(24,25)26/h2-11,13H,1H3,(H2,29,30,32). The number of anilines is 2. The van der Waals surface area contributed by atoms with E-state index in [-0.39, 0.29) is 5.69 Å². The summed E-state index contributed by atoms with van der Waals surface area (Å²) >= 11 is 0. The summed E-state index contributed by atoms with van der Waals surface area (Å²) in [6.45, 7) is 1.85. The average molecular weight is 435 g/mol. The molecule has 2 N–H and O–H groups in total. The number of pyridine rings is 1. The van der Waals surface area contributed by atoms with Gasteiger partial charge in [-0.25, -0.2) is 4.79 Å². The second-order valence-corrected chi connectivity index (χ2v) is 7.02. The van der Waals surface area contributed by atoms with Crippen molar-refractivity contribution in [3.63, 3.8) is 0 Å². The van der Waals surface area contributed by atoms with Gasteiger partial charge >= 0.3 is 12.2 Å². The van der Waals surface area contributed by atoms with Gasteiger partial charge in [0.05, 0.1) is 28.0 Å². The molecule has 4 aromatic rings. The lowest BCUT2D eigenvalue weighted by atomic mass is 10.1. The predicted molar refractivity (Wildman–Crippen MR) is 115 cm³/mol. The van der Waals surface area contributed by atoms with Gasteiger partial charge in [-0.1, -0.05) is 0 Å². The summed E-state index contributed by atoms with van der Waals surface area (Å²) in [7, 11) is 0. The molecule has 32 heavy (non-hydrogen) atoms. The molecule has 160 valence electrons. The lowest BCUT2D eigenvalue weighted by Crippen LogP contribution is -2.19. The molecule has 9 heteroatoms. The van der Waals surface area contributed by atoms with Gasteiger partial charge in [0, 0.05) is 29.2 Å². The number of halogens is 3. The van der Waals surface area contributed by atoms with Crippen LogP contribution in [-0.2, 0) is 6.18 Å². The number of aromatic nitrogens is 2. The number of carbonyl (C=O) groups is 1. The van der Waals surface area contributed by atoms with Crippen molar-refractivity contribution in [2.75, 3.05) is 10.6 Å². The zero-order chi connectivity index (χ0) is 22.9. The van der Waals surface area contributed by atoms with Crippen molar-refractivity contribution < 1.29 is 18.0 Å². The van der Waals surface area contributed by atoms with Crippen molar-refractivity contribution in [1.29, 1.82) is 5.26 Å². The third-order valence-corrected chi connectivity index (χ3v) is 4.89. The van der Waals surface area contributed by atoms with Crippen LogP contribution in [0.4, 0.5) is 29.3 Å². The number of hydrogen-bond acceptors (Lipinski definition) is 3. The van der Waals surface area contributed by atoms with Crippen LogP contribution in [0.15, 0.2) is 67.0 Å². The van der Waals surface area contributed by atoms with Crippen LogP contribution in [0.1, 0.15) is 16.8 Å². The minimum absolute atomic E-state index is 0.220. The van der Waals surface area contributed by atoms with Crippen LogP contribution in [0.25, 0.3) is 16.6 Å². The Balaban J connectivity index is 1.60. The normalized spacial score (nSPS) is 11.2. The molecule has 0 unspecified atom stereocenters. The van der Waals surface area contributed by atoms with Gasteiger partial charge in [-0.3, -0.25) is 4.98 Å². The van der Waals surface area contributed by atoms with Crippen LogP contribution in [0.5, 0.6) is 0 Å². The van der Waals surface area contributed by atoms with Crippen LogP contribution >= 0.6 is 0 Å². The molecule has 0 saturated carbocycles. The molecule has 0 aliphatic heterocycles. The Morgan fingerprint density at radius 2 is 1.75 bits per heavy atom. The average Bonchev–Trinajstić information content (AvgIpc) is 3.11. The number of hydrogen-bond donors (Lipinski definition) is 2. The van der Waals surface area contributed by atoms with Gasteiger partial charge in [0.15, 0.2) is 0 Å². The van der Waals surface area contributed by atoms with Crippen molar-refractivity contribution in [1.82, 2.24) is 9.55 Å². The lowest BCUT2D eigenvalue weighted by Gasteiger charge is -2.11. The number of alkyl halides is 3. The van der Waals surface area contributed by atoms with E-state index in [1.54, 1.807) is 36.7 Å². The Hall–Kier alpha value is -4.32. The van der Waals surface area contributed by atoms with Crippen LogP contribution in [-0.4, -0.2) is 15.6 Å². The summed E-state index contributed by atoms with van der Waals surface area (Å²) in [6, 6.07) is 14.5. The highest BCUT2D eigenvalue weighted by molar-refractivity contribution is 6.01. The first-order valence-corrected chi connectivity index (χ1v) is 9.49. The van der Waals surface area contributed by atoms with Gasteiger partial charge in [-0.05, 0) is 61.5 Å². The monoisotopic (exact) mass is 435 g/mol. The summed E-state index contributed by atoms with van der Waals surface area (Å²) in [5, 5.41) is 15.4. The number of fused-ring (bicyclic) bond motifs is 1. The maximum atomic E-state index is 12.7. The van der Waals surface area contributed by atoms with E-state index < -0.39 is 17.8 Å². The van der Waals surface area contributed by atoms with E-state index in [4.69, 9.17) is 0 Å². The first kappa shape index (κ1) is 20.9. The van der Waals surface area contributed by atoms with Crippen molar-refractivity contribution in [3.8, 4) is 11.8 Å². The molecular weight excluding hydrogens is 419 g/mol. The van der Waals surface area contributed by atoms with E-state index in [0.717, 1.165) is 23.5 Å². The van der Waals surface area contributed by atoms with E-state index in [1.165, 1.54) is 12.1 Å². The fraction of sp³-hybridized carbons (Fsp3) is 0.0870. The molecule has 4 rings (SSSR count). The first-order chi connectivity index (χ1) is 15.3. The molecule has 0 radical (unpaired) electrons. The van der Waals surface area contributed by atoms with Gasteiger partial charge in [0.25, 0.3) is 0 Å². The van der Waals surface area contributed by atoms with Crippen molar-refractivity contribution >= 4 is 28.3 Å². The Labute approximate surface area is 180 Å².